The fraction of sp³-hybridized carbons (Fsp3) is 0.682. The second-order valence-corrected chi connectivity index (χ2v) is 11.7. The summed E-state index contributed by atoms with van der Waals surface area (Å²) in [5.74, 6) is -0.954. The van der Waals surface area contributed by atoms with E-state index in [9.17, 15) is 14.2 Å². The molecule has 1 aliphatic carbocycles. The molecule has 2 aromatic heterocycles. The monoisotopic (exact) mass is 527 g/mol. The van der Waals surface area contributed by atoms with Crippen LogP contribution in [0.4, 0.5) is 5.95 Å². The van der Waals surface area contributed by atoms with Crippen LogP contribution in [0, 0.1) is 10.8 Å². The minimum absolute atomic E-state index is 0.135. The van der Waals surface area contributed by atoms with E-state index >= 15 is 0 Å². The number of carbonyl (C=O) groups is 2. The lowest BCUT2D eigenvalue weighted by Gasteiger charge is -2.25. The molecular formula is C22H34N5O8P. The molecule has 0 aromatic carbocycles. The van der Waals surface area contributed by atoms with Crippen molar-refractivity contribution < 1.29 is 37.4 Å². The van der Waals surface area contributed by atoms with E-state index in [1.807, 2.05) is 4.57 Å². The number of fused-ring (bicyclic) bond motifs is 1. The topological polar surface area (TPSA) is 167 Å². The summed E-state index contributed by atoms with van der Waals surface area (Å²) in [6, 6.07) is 0. The summed E-state index contributed by atoms with van der Waals surface area (Å²) in [5.41, 5.74) is 4.75. The van der Waals surface area contributed by atoms with Crippen LogP contribution < -0.4 is 5.73 Å². The summed E-state index contributed by atoms with van der Waals surface area (Å²) < 4.78 is 40.9. The molecule has 14 heteroatoms. The van der Waals surface area contributed by atoms with Crippen LogP contribution in [0.3, 0.4) is 0 Å². The number of aromatic nitrogens is 4. The number of anilines is 1. The molecule has 36 heavy (non-hydrogen) atoms. The van der Waals surface area contributed by atoms with Gasteiger partial charge in [-0.15, -0.1) is 0 Å². The van der Waals surface area contributed by atoms with Crippen molar-refractivity contribution in [3.8, 4) is 0 Å². The van der Waals surface area contributed by atoms with Gasteiger partial charge in [0.25, 0.3) is 0 Å². The number of hydrogen-bond donors (Lipinski definition) is 1. The van der Waals surface area contributed by atoms with E-state index in [2.05, 4.69) is 15.0 Å². The van der Waals surface area contributed by atoms with Gasteiger partial charge < -0.3 is 24.5 Å². The lowest BCUT2D eigenvalue weighted by atomic mass is 9.97. The highest BCUT2D eigenvalue weighted by Crippen LogP contribution is 2.42. The minimum Gasteiger partial charge on any atom is -0.438 e. The van der Waals surface area contributed by atoms with E-state index < -0.39 is 49.7 Å². The summed E-state index contributed by atoms with van der Waals surface area (Å²) >= 11 is 0. The van der Waals surface area contributed by atoms with Crippen LogP contribution in [0.25, 0.3) is 11.2 Å². The Balaban J connectivity index is 1.60. The van der Waals surface area contributed by atoms with Crippen LogP contribution >= 0.6 is 8.25 Å². The first-order chi connectivity index (χ1) is 16.7. The Morgan fingerprint density at radius 3 is 2.42 bits per heavy atom. The Labute approximate surface area is 209 Å². The van der Waals surface area contributed by atoms with Crippen molar-refractivity contribution in [2.24, 2.45) is 10.8 Å². The SMILES string of the molecule is CC(C)(C)C(=O)OCO[PH](=O)OC(COC1(Cn2cnc3cnc(N)nc32)CC1)OC(=O)C(C)(C)C. The molecule has 0 saturated heterocycles. The Kier molecular flexibility index (Phi) is 8.39. The lowest BCUT2D eigenvalue weighted by molar-refractivity contribution is -0.186. The molecule has 13 nitrogen and oxygen atoms in total. The van der Waals surface area contributed by atoms with Gasteiger partial charge in [0.05, 0.1) is 35.5 Å². The summed E-state index contributed by atoms with van der Waals surface area (Å²) in [4.78, 5) is 36.7. The molecule has 200 valence electrons. The molecule has 2 N–H and O–H groups in total. The van der Waals surface area contributed by atoms with Gasteiger partial charge in [-0.25, -0.2) is 9.97 Å². The maximum absolute atomic E-state index is 12.4. The fourth-order valence-corrected chi connectivity index (χ4v) is 3.46. The predicted molar refractivity (Wildman–Crippen MR) is 129 cm³/mol. The van der Waals surface area contributed by atoms with Crippen molar-refractivity contribution in [1.29, 1.82) is 0 Å². The number of nitrogens with zero attached hydrogens (tertiary/aromatic N) is 4. The van der Waals surface area contributed by atoms with Crippen LogP contribution in [0.15, 0.2) is 12.5 Å². The highest BCUT2D eigenvalue weighted by Gasteiger charge is 2.46. The van der Waals surface area contributed by atoms with E-state index in [4.69, 9.17) is 29.0 Å². The molecule has 1 fully saturated rings. The zero-order valence-electron chi connectivity index (χ0n) is 21.4. The van der Waals surface area contributed by atoms with Gasteiger partial charge in [0.1, 0.15) is 12.1 Å². The van der Waals surface area contributed by atoms with Crippen molar-refractivity contribution in [2.45, 2.75) is 72.8 Å². The molecule has 0 spiro atoms. The van der Waals surface area contributed by atoms with Gasteiger partial charge in [0.2, 0.25) is 19.0 Å². The van der Waals surface area contributed by atoms with E-state index in [0.717, 1.165) is 12.8 Å². The molecule has 0 aliphatic heterocycles. The Morgan fingerprint density at radius 2 is 1.81 bits per heavy atom. The second kappa shape index (κ2) is 10.8. The van der Waals surface area contributed by atoms with Crippen molar-refractivity contribution >= 4 is 37.3 Å². The van der Waals surface area contributed by atoms with Crippen LogP contribution in [0.1, 0.15) is 54.4 Å². The fourth-order valence-electron chi connectivity index (χ4n) is 2.90. The average molecular weight is 528 g/mol. The Morgan fingerprint density at radius 1 is 1.14 bits per heavy atom. The van der Waals surface area contributed by atoms with Crippen molar-refractivity contribution in [1.82, 2.24) is 19.5 Å². The van der Waals surface area contributed by atoms with E-state index in [0.29, 0.717) is 17.7 Å². The minimum atomic E-state index is -3.18. The Hall–Kier alpha value is -2.60. The number of nitrogen functional groups attached to an aromatic ring is 1. The maximum Gasteiger partial charge on any atom is 0.325 e. The number of nitrogens with two attached hydrogens (primary N) is 1. The number of esters is 2. The highest BCUT2D eigenvalue weighted by atomic mass is 31.1. The van der Waals surface area contributed by atoms with Gasteiger partial charge >= 0.3 is 20.2 Å². The number of ether oxygens (including phenoxy) is 3. The van der Waals surface area contributed by atoms with Gasteiger partial charge in [-0.05, 0) is 54.4 Å². The van der Waals surface area contributed by atoms with Crippen molar-refractivity contribution in [2.75, 3.05) is 19.1 Å². The first-order valence-corrected chi connectivity index (χ1v) is 12.7. The first kappa shape index (κ1) is 28.0. The molecule has 2 unspecified atom stereocenters. The van der Waals surface area contributed by atoms with E-state index in [1.54, 1.807) is 54.1 Å². The third-order valence-corrected chi connectivity index (χ3v) is 6.04. The Bertz CT molecular complexity index is 1120. The smallest absolute Gasteiger partial charge is 0.325 e. The van der Waals surface area contributed by atoms with E-state index in [1.165, 1.54) is 0 Å². The van der Waals surface area contributed by atoms with Crippen molar-refractivity contribution in [3.05, 3.63) is 12.5 Å². The number of carbonyl (C=O) groups excluding carboxylic acids is 2. The van der Waals surface area contributed by atoms with Gasteiger partial charge in [0.15, 0.2) is 5.65 Å². The van der Waals surface area contributed by atoms with Gasteiger partial charge in [0, 0.05) is 0 Å². The maximum atomic E-state index is 12.4. The third kappa shape index (κ3) is 7.70. The van der Waals surface area contributed by atoms with Crippen LogP contribution in [0.5, 0.6) is 0 Å². The molecule has 2 atom stereocenters. The zero-order valence-corrected chi connectivity index (χ0v) is 22.4. The molecule has 2 heterocycles. The largest absolute Gasteiger partial charge is 0.438 e. The van der Waals surface area contributed by atoms with Crippen molar-refractivity contribution in [3.63, 3.8) is 0 Å². The standard InChI is InChI=1S/C22H34N5O8P/c1-20(2,3)17(28)31-13-33-36(30)35-15(34-18(29)21(4,5)6)10-32-22(7-8-22)11-27-12-25-14-9-24-19(23)26-16(14)27/h9,12,15,36H,7-8,10-11,13H2,1-6H3,(H2,23,24,26). The first-order valence-electron chi connectivity index (χ1n) is 11.5. The lowest BCUT2D eigenvalue weighted by Crippen LogP contribution is -2.34. The molecule has 1 aliphatic rings. The van der Waals surface area contributed by atoms with E-state index in [-0.39, 0.29) is 12.6 Å². The highest BCUT2D eigenvalue weighted by molar-refractivity contribution is 7.33. The number of rotatable bonds is 11. The quantitative estimate of drug-likeness (QED) is 0.258. The third-order valence-electron chi connectivity index (χ3n) is 5.23. The van der Waals surface area contributed by atoms with Gasteiger partial charge in [-0.3, -0.25) is 23.2 Å². The normalized spacial score (nSPS) is 16.9. The molecule has 2 aromatic rings. The molecule has 0 amide bonds. The molecule has 0 radical (unpaired) electrons. The average Bonchev–Trinajstić information content (AvgIpc) is 3.43. The second-order valence-electron chi connectivity index (χ2n) is 10.7. The molecule has 3 rings (SSSR count). The summed E-state index contributed by atoms with van der Waals surface area (Å²) in [7, 11) is -3.18. The molecular weight excluding hydrogens is 493 g/mol. The summed E-state index contributed by atoms with van der Waals surface area (Å²) in [6.07, 6.45) is 3.35. The van der Waals surface area contributed by atoms with Crippen LogP contribution in [-0.4, -0.2) is 56.7 Å². The zero-order chi connectivity index (χ0) is 26.7. The number of imidazole rings is 1. The van der Waals surface area contributed by atoms with Crippen LogP contribution in [-0.2, 0) is 44.0 Å². The van der Waals surface area contributed by atoms with Gasteiger partial charge in [-0.2, -0.15) is 4.98 Å². The summed E-state index contributed by atoms with van der Waals surface area (Å²) in [5, 5.41) is 0. The molecule has 1 saturated carbocycles. The van der Waals surface area contributed by atoms with Crippen LogP contribution in [0.2, 0.25) is 0 Å². The molecule has 0 bridgehead atoms. The number of hydrogen-bond acceptors (Lipinski definition) is 12. The van der Waals surface area contributed by atoms with Gasteiger partial charge in [-0.1, -0.05) is 0 Å². The summed E-state index contributed by atoms with van der Waals surface area (Å²) in [6.45, 7) is 9.75. The predicted octanol–water partition coefficient (Wildman–Crippen LogP) is 2.84.